The van der Waals surface area contributed by atoms with Crippen molar-refractivity contribution in [2.45, 2.75) is 33.6 Å². The van der Waals surface area contributed by atoms with Gasteiger partial charge in [-0.1, -0.05) is 19.3 Å². The first-order valence-electron chi connectivity index (χ1n) is 5.96. The van der Waals surface area contributed by atoms with E-state index in [4.69, 9.17) is 6.42 Å². The molecule has 0 atom stereocenters. The molecule has 1 amide bonds. The predicted octanol–water partition coefficient (Wildman–Crippen LogP) is 1.84. The molecule has 96 valence electrons. The monoisotopic (exact) mass is 246 g/mol. The van der Waals surface area contributed by atoms with Crippen LogP contribution in [0.5, 0.6) is 0 Å². The second-order valence-electron chi connectivity index (χ2n) is 4.17. The number of terminal acetylenes is 1. The van der Waals surface area contributed by atoms with E-state index >= 15 is 0 Å². The zero-order valence-electron chi connectivity index (χ0n) is 11.0. The SMILES string of the molecule is C#CCNC(=O)c1[nH]c(C)c(C(C)=O)c1CCC. The molecule has 0 bridgehead atoms. The highest BCUT2D eigenvalue weighted by atomic mass is 16.2. The normalized spacial score (nSPS) is 9.89. The third-order valence-electron chi connectivity index (χ3n) is 2.72. The third-order valence-corrected chi connectivity index (χ3v) is 2.72. The lowest BCUT2D eigenvalue weighted by Crippen LogP contribution is -2.25. The van der Waals surface area contributed by atoms with E-state index in [-0.39, 0.29) is 18.2 Å². The molecule has 0 saturated carbocycles. The minimum absolute atomic E-state index is 0.0248. The fourth-order valence-electron chi connectivity index (χ4n) is 2.07. The lowest BCUT2D eigenvalue weighted by molar-refractivity contribution is 0.0953. The lowest BCUT2D eigenvalue weighted by Gasteiger charge is -2.04. The van der Waals surface area contributed by atoms with E-state index in [1.807, 2.05) is 6.92 Å². The van der Waals surface area contributed by atoms with Gasteiger partial charge in [-0.3, -0.25) is 9.59 Å². The maximum atomic E-state index is 11.9. The van der Waals surface area contributed by atoms with Gasteiger partial charge in [0.1, 0.15) is 5.69 Å². The van der Waals surface area contributed by atoms with Gasteiger partial charge in [-0.2, -0.15) is 0 Å². The molecule has 2 N–H and O–H groups in total. The molecule has 0 aliphatic heterocycles. The highest BCUT2D eigenvalue weighted by molar-refractivity contribution is 6.02. The number of ketones is 1. The molecule has 0 aliphatic rings. The number of hydrogen-bond acceptors (Lipinski definition) is 2. The molecule has 0 radical (unpaired) electrons. The van der Waals surface area contributed by atoms with Crippen molar-refractivity contribution in [2.75, 3.05) is 6.54 Å². The molecule has 0 spiro atoms. The summed E-state index contributed by atoms with van der Waals surface area (Å²) in [4.78, 5) is 26.6. The number of carbonyl (C=O) groups is 2. The summed E-state index contributed by atoms with van der Waals surface area (Å²) in [5.74, 6) is 2.07. The zero-order chi connectivity index (χ0) is 13.7. The number of rotatable bonds is 5. The number of nitrogens with one attached hydrogen (secondary N) is 2. The number of aromatic amines is 1. The summed E-state index contributed by atoms with van der Waals surface area (Å²) < 4.78 is 0. The summed E-state index contributed by atoms with van der Waals surface area (Å²) >= 11 is 0. The van der Waals surface area contributed by atoms with Crippen LogP contribution in [0.15, 0.2) is 0 Å². The molecule has 0 aromatic carbocycles. The van der Waals surface area contributed by atoms with E-state index in [2.05, 4.69) is 16.2 Å². The fourth-order valence-corrected chi connectivity index (χ4v) is 2.07. The van der Waals surface area contributed by atoms with Crippen LogP contribution in [0.2, 0.25) is 0 Å². The minimum atomic E-state index is -0.257. The predicted molar refractivity (Wildman–Crippen MR) is 70.7 cm³/mol. The molecule has 0 aliphatic carbocycles. The number of amides is 1. The van der Waals surface area contributed by atoms with Gasteiger partial charge >= 0.3 is 0 Å². The summed E-state index contributed by atoms with van der Waals surface area (Å²) in [6, 6.07) is 0. The van der Waals surface area contributed by atoms with E-state index < -0.39 is 0 Å². The highest BCUT2D eigenvalue weighted by Gasteiger charge is 2.21. The van der Waals surface area contributed by atoms with E-state index in [1.54, 1.807) is 6.92 Å². The Morgan fingerprint density at radius 1 is 1.44 bits per heavy atom. The summed E-state index contributed by atoms with van der Waals surface area (Å²) in [5, 5.41) is 2.61. The van der Waals surface area contributed by atoms with Crippen LogP contribution in [0.25, 0.3) is 0 Å². The molecule has 4 nitrogen and oxygen atoms in total. The van der Waals surface area contributed by atoms with Crippen LogP contribution >= 0.6 is 0 Å². The maximum absolute atomic E-state index is 11.9. The van der Waals surface area contributed by atoms with Gasteiger partial charge in [0, 0.05) is 11.3 Å². The number of carbonyl (C=O) groups excluding carboxylic acids is 2. The van der Waals surface area contributed by atoms with Crippen molar-refractivity contribution in [2.24, 2.45) is 0 Å². The molecular formula is C14H18N2O2. The molecule has 1 rings (SSSR count). The Balaban J connectivity index is 3.19. The Kier molecular flexibility index (Phi) is 4.73. The van der Waals surface area contributed by atoms with Crippen molar-refractivity contribution in [3.63, 3.8) is 0 Å². The van der Waals surface area contributed by atoms with Gasteiger partial charge in [-0.15, -0.1) is 6.42 Å². The smallest absolute Gasteiger partial charge is 0.268 e. The topological polar surface area (TPSA) is 62.0 Å². The third kappa shape index (κ3) is 2.80. The van der Waals surface area contributed by atoms with E-state index in [0.29, 0.717) is 17.7 Å². The standard InChI is InChI=1S/C14H18N2O2/c1-5-7-11-12(10(4)17)9(3)16-13(11)14(18)15-8-6-2/h2,16H,5,7-8H2,1,3-4H3,(H,15,18). The van der Waals surface area contributed by atoms with Gasteiger partial charge in [-0.25, -0.2) is 0 Å². The first-order chi connectivity index (χ1) is 8.52. The van der Waals surface area contributed by atoms with Gasteiger partial charge in [0.15, 0.2) is 5.78 Å². The molecule has 1 aromatic rings. The molecular weight excluding hydrogens is 228 g/mol. The Hall–Kier alpha value is -2.02. The average Bonchev–Trinajstić information content (AvgIpc) is 2.63. The van der Waals surface area contributed by atoms with Gasteiger partial charge in [0.25, 0.3) is 5.91 Å². The number of aryl methyl sites for hydroxylation is 1. The minimum Gasteiger partial charge on any atom is -0.354 e. The summed E-state index contributed by atoms with van der Waals surface area (Å²) in [6.07, 6.45) is 6.67. The first-order valence-corrected chi connectivity index (χ1v) is 5.96. The Morgan fingerprint density at radius 2 is 2.11 bits per heavy atom. The van der Waals surface area contributed by atoms with E-state index in [1.165, 1.54) is 6.92 Å². The molecule has 0 fully saturated rings. The number of aromatic nitrogens is 1. The molecule has 4 heteroatoms. The Bertz CT molecular complexity index is 507. The second-order valence-corrected chi connectivity index (χ2v) is 4.17. The molecule has 1 aromatic heterocycles. The second kappa shape index (κ2) is 6.06. The lowest BCUT2D eigenvalue weighted by atomic mass is 10.0. The Morgan fingerprint density at radius 3 is 2.61 bits per heavy atom. The largest absolute Gasteiger partial charge is 0.354 e. The first kappa shape index (κ1) is 14.0. The van der Waals surface area contributed by atoms with Crippen molar-refractivity contribution >= 4 is 11.7 Å². The van der Waals surface area contributed by atoms with Crippen LogP contribution in [0.1, 0.15) is 52.4 Å². The van der Waals surface area contributed by atoms with E-state index in [0.717, 1.165) is 17.7 Å². The van der Waals surface area contributed by atoms with Crippen LogP contribution in [0.4, 0.5) is 0 Å². The maximum Gasteiger partial charge on any atom is 0.268 e. The quantitative estimate of drug-likeness (QED) is 0.615. The number of Topliss-reactive ketones (excluding diaryl/α,β-unsaturated/α-hetero) is 1. The van der Waals surface area contributed by atoms with Crippen molar-refractivity contribution in [1.82, 2.24) is 10.3 Å². The summed E-state index contributed by atoms with van der Waals surface area (Å²) in [5.41, 5.74) is 2.60. The molecule has 0 unspecified atom stereocenters. The molecule has 1 heterocycles. The van der Waals surface area contributed by atoms with Crippen LogP contribution in [0, 0.1) is 19.3 Å². The van der Waals surface area contributed by atoms with Gasteiger partial charge in [0.05, 0.1) is 6.54 Å². The summed E-state index contributed by atoms with van der Waals surface area (Å²) in [6.45, 7) is 5.50. The van der Waals surface area contributed by atoms with Crippen LogP contribution in [-0.4, -0.2) is 23.2 Å². The van der Waals surface area contributed by atoms with Crippen LogP contribution in [-0.2, 0) is 6.42 Å². The molecule has 18 heavy (non-hydrogen) atoms. The summed E-state index contributed by atoms with van der Waals surface area (Å²) in [7, 11) is 0. The highest BCUT2D eigenvalue weighted by Crippen LogP contribution is 2.21. The zero-order valence-corrected chi connectivity index (χ0v) is 11.0. The number of H-pyrrole nitrogens is 1. The van der Waals surface area contributed by atoms with Gasteiger partial charge in [0.2, 0.25) is 0 Å². The van der Waals surface area contributed by atoms with Gasteiger partial charge < -0.3 is 10.3 Å². The molecule has 0 saturated heterocycles. The van der Waals surface area contributed by atoms with E-state index in [9.17, 15) is 9.59 Å². The average molecular weight is 246 g/mol. The van der Waals surface area contributed by atoms with Crippen molar-refractivity contribution in [1.29, 1.82) is 0 Å². The van der Waals surface area contributed by atoms with Crippen molar-refractivity contribution in [3.8, 4) is 12.3 Å². The Labute approximate surface area is 107 Å². The number of hydrogen-bond donors (Lipinski definition) is 2. The fraction of sp³-hybridized carbons (Fsp3) is 0.429. The van der Waals surface area contributed by atoms with Crippen molar-refractivity contribution in [3.05, 3.63) is 22.5 Å². The van der Waals surface area contributed by atoms with Crippen LogP contribution in [0.3, 0.4) is 0 Å². The van der Waals surface area contributed by atoms with Crippen molar-refractivity contribution < 1.29 is 9.59 Å². The van der Waals surface area contributed by atoms with Crippen LogP contribution < -0.4 is 5.32 Å². The van der Waals surface area contributed by atoms with Gasteiger partial charge in [-0.05, 0) is 25.8 Å².